The van der Waals surface area contributed by atoms with Gasteiger partial charge >= 0.3 is 0 Å². The van der Waals surface area contributed by atoms with Crippen LogP contribution in [0.3, 0.4) is 0 Å². The lowest BCUT2D eigenvalue weighted by atomic mass is 9.84. The number of hydrogen-bond acceptors (Lipinski definition) is 3. The van der Waals surface area contributed by atoms with Gasteiger partial charge in [-0.25, -0.2) is 0 Å². The normalized spacial score (nSPS) is 22.5. The Labute approximate surface area is 179 Å². The molecule has 0 aromatic heterocycles. The lowest BCUT2D eigenvalue weighted by molar-refractivity contribution is -0.139. The van der Waals surface area contributed by atoms with Crippen molar-refractivity contribution in [3.05, 3.63) is 71.3 Å². The molecule has 5 heteroatoms. The van der Waals surface area contributed by atoms with E-state index in [-0.39, 0.29) is 35.9 Å². The Balaban J connectivity index is 1.98. The number of carbonyl (C=O) groups excluding carboxylic acids is 2. The zero-order valence-corrected chi connectivity index (χ0v) is 18.4. The molecule has 0 spiro atoms. The minimum absolute atomic E-state index is 0.00383. The first-order valence-electron chi connectivity index (χ1n) is 10.6. The minimum Gasteiger partial charge on any atom is -0.350 e. The average Bonchev–Trinajstić information content (AvgIpc) is 2.79. The van der Waals surface area contributed by atoms with Crippen molar-refractivity contribution < 1.29 is 9.59 Å². The highest BCUT2D eigenvalue weighted by Crippen LogP contribution is 2.39. The van der Waals surface area contributed by atoms with Crippen LogP contribution in [0.4, 0.5) is 0 Å². The molecule has 2 aromatic carbocycles. The van der Waals surface area contributed by atoms with Crippen LogP contribution in [0.5, 0.6) is 0 Å². The number of benzene rings is 2. The standard InChI is InChI=1S/C25H33N3O2/c1-17-10-8-9-13-20(17)19-14-21(26)24(30)28(16-23(29)27-25(2,3)4)22(15-19)18-11-6-5-7-12-18/h5-13,19,21-22H,14-16,26H2,1-4H3,(H,27,29)/t19-,21?,22+/m0/s1. The van der Waals surface area contributed by atoms with Crippen LogP contribution in [0.1, 0.15) is 62.3 Å². The van der Waals surface area contributed by atoms with Gasteiger partial charge in [-0.15, -0.1) is 0 Å². The lowest BCUT2D eigenvalue weighted by Gasteiger charge is -2.33. The summed E-state index contributed by atoms with van der Waals surface area (Å²) in [5.41, 5.74) is 9.46. The summed E-state index contributed by atoms with van der Waals surface area (Å²) in [6, 6.07) is 17.4. The molecule has 1 saturated heterocycles. The van der Waals surface area contributed by atoms with Crippen molar-refractivity contribution in [2.24, 2.45) is 5.73 Å². The van der Waals surface area contributed by atoms with Crippen LogP contribution in [0, 0.1) is 6.92 Å². The second-order valence-corrected chi connectivity index (χ2v) is 9.32. The molecule has 2 amide bonds. The zero-order chi connectivity index (χ0) is 21.9. The summed E-state index contributed by atoms with van der Waals surface area (Å²) in [7, 11) is 0. The molecule has 3 atom stereocenters. The van der Waals surface area contributed by atoms with Gasteiger partial charge in [0.1, 0.15) is 6.54 Å². The third-order valence-electron chi connectivity index (χ3n) is 5.66. The number of aryl methyl sites for hydroxylation is 1. The number of likely N-dealkylation sites (tertiary alicyclic amines) is 1. The molecular weight excluding hydrogens is 374 g/mol. The molecule has 1 fully saturated rings. The number of amides is 2. The summed E-state index contributed by atoms with van der Waals surface area (Å²) in [6.07, 6.45) is 1.31. The smallest absolute Gasteiger partial charge is 0.240 e. The molecule has 3 rings (SSSR count). The van der Waals surface area contributed by atoms with Crippen molar-refractivity contribution in [2.45, 2.75) is 64.1 Å². The number of nitrogens with two attached hydrogens (primary N) is 1. The number of hydrogen-bond donors (Lipinski definition) is 2. The fourth-order valence-electron chi connectivity index (χ4n) is 4.36. The van der Waals surface area contributed by atoms with E-state index in [0.29, 0.717) is 6.42 Å². The maximum Gasteiger partial charge on any atom is 0.240 e. The Morgan fingerprint density at radius 3 is 2.33 bits per heavy atom. The van der Waals surface area contributed by atoms with Gasteiger partial charge in [0.2, 0.25) is 11.8 Å². The van der Waals surface area contributed by atoms with Gasteiger partial charge in [0.25, 0.3) is 0 Å². The molecule has 0 bridgehead atoms. The second-order valence-electron chi connectivity index (χ2n) is 9.32. The van der Waals surface area contributed by atoms with E-state index < -0.39 is 6.04 Å². The largest absolute Gasteiger partial charge is 0.350 e. The first-order chi connectivity index (χ1) is 14.2. The third kappa shape index (κ3) is 5.28. The molecule has 2 aromatic rings. The van der Waals surface area contributed by atoms with E-state index in [4.69, 9.17) is 5.73 Å². The number of rotatable bonds is 4. The van der Waals surface area contributed by atoms with Gasteiger partial charge < -0.3 is 16.0 Å². The summed E-state index contributed by atoms with van der Waals surface area (Å²) in [5, 5.41) is 2.97. The summed E-state index contributed by atoms with van der Waals surface area (Å²) in [5.74, 6) is -0.187. The van der Waals surface area contributed by atoms with Crippen molar-refractivity contribution in [1.82, 2.24) is 10.2 Å². The molecular formula is C25H33N3O2. The van der Waals surface area contributed by atoms with Gasteiger partial charge in [-0.2, -0.15) is 0 Å². The molecule has 160 valence electrons. The first kappa shape index (κ1) is 22.0. The molecule has 0 saturated carbocycles. The fourth-order valence-corrected chi connectivity index (χ4v) is 4.36. The predicted octanol–water partition coefficient (Wildman–Crippen LogP) is 3.68. The highest BCUT2D eigenvalue weighted by molar-refractivity contribution is 5.88. The minimum atomic E-state index is -0.634. The molecule has 0 aliphatic carbocycles. The van der Waals surface area contributed by atoms with Crippen LogP contribution < -0.4 is 11.1 Å². The van der Waals surface area contributed by atoms with Crippen LogP contribution in [-0.4, -0.2) is 34.8 Å². The molecule has 3 N–H and O–H groups in total. The van der Waals surface area contributed by atoms with E-state index in [2.05, 4.69) is 24.4 Å². The second kappa shape index (κ2) is 9.00. The molecule has 30 heavy (non-hydrogen) atoms. The topological polar surface area (TPSA) is 75.4 Å². The predicted molar refractivity (Wildman–Crippen MR) is 120 cm³/mol. The number of nitrogens with zero attached hydrogens (tertiary/aromatic N) is 1. The highest BCUT2D eigenvalue weighted by atomic mass is 16.2. The summed E-state index contributed by atoms with van der Waals surface area (Å²) in [4.78, 5) is 27.7. The Morgan fingerprint density at radius 2 is 1.70 bits per heavy atom. The van der Waals surface area contributed by atoms with E-state index in [1.807, 2.05) is 63.2 Å². The molecule has 0 radical (unpaired) electrons. The van der Waals surface area contributed by atoms with E-state index in [9.17, 15) is 9.59 Å². The van der Waals surface area contributed by atoms with Crippen LogP contribution in [-0.2, 0) is 9.59 Å². The monoisotopic (exact) mass is 407 g/mol. The van der Waals surface area contributed by atoms with Crippen molar-refractivity contribution in [3.63, 3.8) is 0 Å². The van der Waals surface area contributed by atoms with Crippen LogP contribution in [0.15, 0.2) is 54.6 Å². The Bertz CT molecular complexity index is 889. The van der Waals surface area contributed by atoms with Crippen molar-refractivity contribution in [3.8, 4) is 0 Å². The zero-order valence-electron chi connectivity index (χ0n) is 18.4. The summed E-state index contributed by atoms with van der Waals surface area (Å²) < 4.78 is 0. The molecule has 1 unspecified atom stereocenters. The lowest BCUT2D eigenvalue weighted by Crippen LogP contribution is -2.50. The van der Waals surface area contributed by atoms with Crippen molar-refractivity contribution in [1.29, 1.82) is 0 Å². The van der Waals surface area contributed by atoms with Crippen LogP contribution >= 0.6 is 0 Å². The van der Waals surface area contributed by atoms with Gasteiger partial charge in [-0.3, -0.25) is 9.59 Å². The van der Waals surface area contributed by atoms with E-state index in [0.717, 1.165) is 12.0 Å². The molecule has 1 aliphatic rings. The maximum atomic E-state index is 13.3. The molecule has 1 heterocycles. The third-order valence-corrected chi connectivity index (χ3v) is 5.66. The average molecular weight is 408 g/mol. The maximum absolute atomic E-state index is 13.3. The summed E-state index contributed by atoms with van der Waals surface area (Å²) in [6.45, 7) is 7.90. The van der Waals surface area contributed by atoms with E-state index in [1.54, 1.807) is 4.90 Å². The van der Waals surface area contributed by atoms with Crippen molar-refractivity contribution >= 4 is 11.8 Å². The molecule has 5 nitrogen and oxygen atoms in total. The van der Waals surface area contributed by atoms with E-state index >= 15 is 0 Å². The first-order valence-corrected chi connectivity index (χ1v) is 10.6. The van der Waals surface area contributed by atoms with Gasteiger partial charge in [-0.1, -0.05) is 54.6 Å². The van der Waals surface area contributed by atoms with E-state index in [1.165, 1.54) is 11.1 Å². The molecule has 1 aliphatic heterocycles. The fraction of sp³-hybridized carbons (Fsp3) is 0.440. The number of nitrogens with one attached hydrogen (secondary N) is 1. The SMILES string of the molecule is Cc1ccccc1[C@H]1CC(N)C(=O)N(CC(=O)NC(C)(C)C)[C@@H](c2ccccc2)C1. The van der Waals surface area contributed by atoms with Gasteiger partial charge in [0.05, 0.1) is 12.1 Å². The Morgan fingerprint density at radius 1 is 1.07 bits per heavy atom. The van der Waals surface area contributed by atoms with Crippen LogP contribution in [0.25, 0.3) is 0 Å². The van der Waals surface area contributed by atoms with Crippen molar-refractivity contribution in [2.75, 3.05) is 6.54 Å². The van der Waals surface area contributed by atoms with Gasteiger partial charge in [0, 0.05) is 5.54 Å². The quantitative estimate of drug-likeness (QED) is 0.812. The van der Waals surface area contributed by atoms with Gasteiger partial charge in [0.15, 0.2) is 0 Å². The number of carbonyl (C=O) groups is 2. The Kier molecular flexibility index (Phi) is 6.61. The van der Waals surface area contributed by atoms with Gasteiger partial charge in [-0.05, 0) is 63.1 Å². The van der Waals surface area contributed by atoms with Crippen LogP contribution in [0.2, 0.25) is 0 Å². The highest BCUT2D eigenvalue weighted by Gasteiger charge is 2.38. The summed E-state index contributed by atoms with van der Waals surface area (Å²) >= 11 is 0. The Hall–Kier alpha value is -2.66.